The number of benzene rings is 1. The van der Waals surface area contributed by atoms with Crippen LogP contribution in [0.15, 0.2) is 72.7 Å². The summed E-state index contributed by atoms with van der Waals surface area (Å²) in [6.07, 6.45) is 16.2. The molecule has 252 valence electrons. The highest BCUT2D eigenvalue weighted by Crippen LogP contribution is 2.35. The van der Waals surface area contributed by atoms with Gasteiger partial charge in [-0.05, 0) is 67.1 Å². The Bertz CT molecular complexity index is 1530. The van der Waals surface area contributed by atoms with Crippen molar-refractivity contribution in [3.8, 4) is 0 Å². The molecule has 3 amide bonds. The first-order valence-corrected chi connectivity index (χ1v) is 20.1. The molecule has 0 aliphatic carbocycles. The molecule has 10 nitrogen and oxygen atoms in total. The summed E-state index contributed by atoms with van der Waals surface area (Å²) in [6, 6.07) is 8.46. The van der Waals surface area contributed by atoms with Crippen LogP contribution in [0.4, 0.5) is 4.79 Å². The maximum atomic E-state index is 13.8. The number of ether oxygens (including phenoxy) is 2. The first-order valence-electron chi connectivity index (χ1n) is 16.1. The minimum atomic E-state index is -1.29. The van der Waals surface area contributed by atoms with Crippen molar-refractivity contribution in [3.63, 3.8) is 0 Å². The Hall–Kier alpha value is -3.93. The van der Waals surface area contributed by atoms with Crippen LogP contribution >= 0.6 is 11.6 Å². The SMILES string of the molecule is COC(=O)NC1=CC=Cc2cn(COCC[Si](C)(C)C)c(n2)[C@@H](N2CCC(c3cccc(Cl)c3)CC2=O)CC=CCCC(=O)NC=C1. The molecule has 1 fully saturated rings. The van der Waals surface area contributed by atoms with Crippen LogP contribution in [0.3, 0.4) is 0 Å². The van der Waals surface area contributed by atoms with E-state index < -0.39 is 14.2 Å². The lowest BCUT2D eigenvalue weighted by molar-refractivity contribution is -0.137. The van der Waals surface area contributed by atoms with Gasteiger partial charge in [0.25, 0.3) is 0 Å². The lowest BCUT2D eigenvalue weighted by Crippen LogP contribution is -2.41. The van der Waals surface area contributed by atoms with Crippen molar-refractivity contribution in [3.05, 3.63) is 94.8 Å². The van der Waals surface area contributed by atoms with Crippen LogP contribution in [-0.2, 0) is 25.8 Å². The van der Waals surface area contributed by atoms with Crippen LogP contribution < -0.4 is 10.6 Å². The number of rotatable bonds is 8. The van der Waals surface area contributed by atoms with E-state index in [4.69, 9.17) is 26.1 Å². The second-order valence-corrected chi connectivity index (χ2v) is 19.0. The number of amides is 3. The van der Waals surface area contributed by atoms with Gasteiger partial charge in [0.1, 0.15) is 12.6 Å². The third kappa shape index (κ3) is 11.4. The number of piperidine rings is 1. The lowest BCUT2D eigenvalue weighted by atomic mass is 9.88. The van der Waals surface area contributed by atoms with E-state index >= 15 is 0 Å². The standard InChI is InChI=1S/C35H46ClN5O5Si/c1-45-35(44)39-29-12-9-13-30-24-40(25-46-20-21-47(2,3)4)34(38-30)31(14-6-5-7-15-32(42)37-18-16-29)41-19-17-27(23-33(41)43)26-10-8-11-28(36)22-26/h5-6,8-13,16,18,22,24,27,31H,7,14-15,17,19-21,23,25H2,1-4H3,(H,37,42)(H,39,44)/t27?,31-/m0/s1. The molecule has 12 heteroatoms. The first-order chi connectivity index (χ1) is 22.5. The van der Waals surface area contributed by atoms with Gasteiger partial charge in [0, 0.05) is 57.2 Å². The quantitative estimate of drug-likeness (QED) is 0.178. The molecule has 2 bridgehead atoms. The van der Waals surface area contributed by atoms with Crippen LogP contribution in [0.2, 0.25) is 30.7 Å². The van der Waals surface area contributed by atoms with Crippen molar-refractivity contribution in [2.24, 2.45) is 0 Å². The highest BCUT2D eigenvalue weighted by atomic mass is 35.5. The van der Waals surface area contributed by atoms with Crippen LogP contribution in [-0.4, -0.2) is 60.7 Å². The number of halogens is 1. The number of alkyl carbamates (subject to hydrolysis) is 1. The molecule has 47 heavy (non-hydrogen) atoms. The highest BCUT2D eigenvalue weighted by Gasteiger charge is 2.34. The first kappa shape index (κ1) is 35.9. The number of fused-ring (bicyclic) bond motifs is 2. The van der Waals surface area contributed by atoms with Gasteiger partial charge in [-0.3, -0.25) is 14.9 Å². The number of hydrogen-bond acceptors (Lipinski definition) is 6. The molecule has 2 aromatic rings. The number of imidazole rings is 1. The minimum absolute atomic E-state index is 0.0590. The van der Waals surface area contributed by atoms with Crippen molar-refractivity contribution < 1.29 is 23.9 Å². The highest BCUT2D eigenvalue weighted by molar-refractivity contribution is 6.76. The molecule has 1 aromatic carbocycles. The van der Waals surface area contributed by atoms with E-state index in [0.717, 1.165) is 23.9 Å². The molecule has 2 atom stereocenters. The molecule has 2 N–H and O–H groups in total. The molecular formula is C35H46ClN5O5Si. The maximum absolute atomic E-state index is 13.8. The summed E-state index contributed by atoms with van der Waals surface area (Å²) in [4.78, 5) is 45.1. The van der Waals surface area contributed by atoms with E-state index in [0.29, 0.717) is 55.6 Å². The average molecular weight is 680 g/mol. The third-order valence-electron chi connectivity index (χ3n) is 8.05. The molecule has 0 spiro atoms. The Labute approximate surface area is 283 Å². The zero-order valence-corrected chi connectivity index (χ0v) is 29.5. The van der Waals surface area contributed by atoms with Gasteiger partial charge in [0.05, 0.1) is 18.8 Å². The summed E-state index contributed by atoms with van der Waals surface area (Å²) < 4.78 is 12.9. The summed E-state index contributed by atoms with van der Waals surface area (Å²) in [7, 11) is -0.00418. The molecule has 4 rings (SSSR count). The zero-order chi connectivity index (χ0) is 33.8. The fraction of sp³-hybridized carbons (Fsp3) is 0.429. The number of carbonyl (C=O) groups excluding carboxylic acids is 3. The third-order valence-corrected chi connectivity index (χ3v) is 9.99. The summed E-state index contributed by atoms with van der Waals surface area (Å²) in [5.41, 5.74) is 2.17. The number of nitrogens with one attached hydrogen (secondary N) is 2. The Balaban J connectivity index is 1.67. The van der Waals surface area contributed by atoms with Gasteiger partial charge in [0.2, 0.25) is 11.8 Å². The van der Waals surface area contributed by atoms with E-state index in [-0.39, 0.29) is 30.2 Å². The maximum Gasteiger partial charge on any atom is 0.411 e. The average Bonchev–Trinajstić information content (AvgIpc) is 3.42. The number of methoxy groups -OCH3 is 1. The number of nitrogens with zero attached hydrogens (tertiary/aromatic N) is 3. The summed E-state index contributed by atoms with van der Waals surface area (Å²) in [6.45, 7) is 8.48. The van der Waals surface area contributed by atoms with Gasteiger partial charge >= 0.3 is 6.09 Å². The Morgan fingerprint density at radius 2 is 2.02 bits per heavy atom. The van der Waals surface area contributed by atoms with Gasteiger partial charge in [-0.2, -0.15) is 0 Å². The minimum Gasteiger partial charge on any atom is -0.453 e. The van der Waals surface area contributed by atoms with Crippen LogP contribution in [0.5, 0.6) is 0 Å². The predicted octanol–water partition coefficient (Wildman–Crippen LogP) is 6.92. The predicted molar refractivity (Wildman–Crippen MR) is 187 cm³/mol. The van der Waals surface area contributed by atoms with E-state index in [2.05, 4.69) is 30.3 Å². The van der Waals surface area contributed by atoms with Crippen molar-refractivity contribution in [2.75, 3.05) is 20.3 Å². The van der Waals surface area contributed by atoms with Gasteiger partial charge in [-0.25, -0.2) is 9.78 Å². The largest absolute Gasteiger partial charge is 0.453 e. The fourth-order valence-corrected chi connectivity index (χ4v) is 6.41. The normalized spacial score (nSPS) is 19.6. The summed E-state index contributed by atoms with van der Waals surface area (Å²) in [5.74, 6) is 0.727. The molecule has 1 saturated heterocycles. The molecule has 2 aliphatic rings. The van der Waals surface area contributed by atoms with E-state index in [1.807, 2.05) is 58.2 Å². The van der Waals surface area contributed by atoms with E-state index in [1.165, 1.54) is 13.3 Å². The van der Waals surface area contributed by atoms with Crippen molar-refractivity contribution >= 4 is 43.7 Å². The molecule has 3 heterocycles. The van der Waals surface area contributed by atoms with Crippen LogP contribution in [0, 0.1) is 0 Å². The Morgan fingerprint density at radius 3 is 2.77 bits per heavy atom. The molecule has 1 unspecified atom stereocenters. The van der Waals surface area contributed by atoms with Gasteiger partial charge < -0.3 is 24.3 Å². The van der Waals surface area contributed by atoms with Gasteiger partial charge in [0.15, 0.2) is 0 Å². The van der Waals surface area contributed by atoms with Gasteiger partial charge in [-0.1, -0.05) is 61.6 Å². The summed E-state index contributed by atoms with van der Waals surface area (Å²) >= 11 is 6.27. The molecule has 1 aromatic heterocycles. The van der Waals surface area contributed by atoms with Crippen molar-refractivity contribution in [2.45, 2.75) is 76.5 Å². The number of aromatic nitrogens is 2. The van der Waals surface area contributed by atoms with Crippen molar-refractivity contribution in [1.29, 1.82) is 0 Å². The van der Waals surface area contributed by atoms with E-state index in [9.17, 15) is 14.4 Å². The zero-order valence-electron chi connectivity index (χ0n) is 27.7. The van der Waals surface area contributed by atoms with Crippen molar-refractivity contribution in [1.82, 2.24) is 25.1 Å². The summed E-state index contributed by atoms with van der Waals surface area (Å²) in [5, 5.41) is 6.03. The number of hydrogen-bond donors (Lipinski definition) is 2. The molecular weight excluding hydrogens is 634 g/mol. The molecule has 0 radical (unpaired) electrons. The Kier molecular flexibility index (Phi) is 13.2. The Morgan fingerprint density at radius 1 is 1.19 bits per heavy atom. The molecule has 0 saturated carbocycles. The number of likely N-dealkylation sites (tertiary alicyclic amines) is 1. The smallest absolute Gasteiger partial charge is 0.411 e. The van der Waals surface area contributed by atoms with Gasteiger partial charge in [-0.15, -0.1) is 0 Å². The monoisotopic (exact) mass is 679 g/mol. The topological polar surface area (TPSA) is 115 Å². The second kappa shape index (κ2) is 17.3. The van der Waals surface area contributed by atoms with Crippen LogP contribution in [0.1, 0.15) is 61.1 Å². The van der Waals surface area contributed by atoms with Crippen LogP contribution in [0.25, 0.3) is 6.08 Å². The fourth-order valence-electron chi connectivity index (χ4n) is 5.45. The molecule has 2 aliphatic heterocycles. The number of carbonyl (C=O) groups is 3. The second-order valence-electron chi connectivity index (χ2n) is 12.9. The number of allylic oxidation sites excluding steroid dienone is 4. The lowest BCUT2D eigenvalue weighted by Gasteiger charge is -2.37. The van der Waals surface area contributed by atoms with E-state index in [1.54, 1.807) is 18.2 Å².